The summed E-state index contributed by atoms with van der Waals surface area (Å²) in [6, 6.07) is 12.5. The zero-order chi connectivity index (χ0) is 21.5. The van der Waals surface area contributed by atoms with Gasteiger partial charge >= 0.3 is 11.7 Å². The third-order valence-corrected chi connectivity index (χ3v) is 5.56. The number of pyridine rings is 1. The molecule has 0 saturated carbocycles. The normalized spacial score (nSPS) is 13.8. The second-order valence-electron chi connectivity index (χ2n) is 7.66. The minimum Gasteiger partial charge on any atom is -0.449 e. The summed E-state index contributed by atoms with van der Waals surface area (Å²) in [5.74, 6) is -0.981. The standard InChI is InChI=1S/C23H20N4O4/c1-12(21(28)24-13-9-10-18-19(11-13)27-23(30)26-18)31-22(29)20-14-5-2-3-7-16(14)25-17-8-4-6-15(17)20/h2-3,5,7,9-12H,4,6,8H2,1H3,(H,24,28)(H2,26,27,30)/t12-/m1/s1. The summed E-state index contributed by atoms with van der Waals surface area (Å²) in [5.41, 5.74) is 4.48. The Morgan fingerprint density at radius 3 is 2.77 bits per heavy atom. The van der Waals surface area contributed by atoms with Crippen LogP contribution in [0.2, 0.25) is 0 Å². The molecule has 31 heavy (non-hydrogen) atoms. The van der Waals surface area contributed by atoms with Crippen LogP contribution in [0.4, 0.5) is 5.69 Å². The molecule has 0 radical (unpaired) electrons. The number of nitrogens with one attached hydrogen (secondary N) is 3. The molecule has 5 rings (SSSR count). The number of imidazole rings is 1. The summed E-state index contributed by atoms with van der Waals surface area (Å²) in [6.45, 7) is 1.54. The summed E-state index contributed by atoms with van der Waals surface area (Å²) < 4.78 is 5.55. The van der Waals surface area contributed by atoms with Crippen LogP contribution in [-0.2, 0) is 22.4 Å². The number of anilines is 1. The van der Waals surface area contributed by atoms with E-state index in [0.29, 0.717) is 22.3 Å². The van der Waals surface area contributed by atoms with Crippen molar-refractivity contribution >= 4 is 39.5 Å². The van der Waals surface area contributed by atoms with Crippen molar-refractivity contribution in [3.63, 3.8) is 0 Å². The van der Waals surface area contributed by atoms with Crippen LogP contribution in [0.3, 0.4) is 0 Å². The van der Waals surface area contributed by atoms with Crippen molar-refractivity contribution in [2.45, 2.75) is 32.3 Å². The Balaban J connectivity index is 1.37. The number of H-pyrrole nitrogens is 2. The van der Waals surface area contributed by atoms with Gasteiger partial charge in [0.25, 0.3) is 5.91 Å². The van der Waals surface area contributed by atoms with E-state index in [0.717, 1.165) is 41.4 Å². The van der Waals surface area contributed by atoms with Crippen LogP contribution in [0.25, 0.3) is 21.9 Å². The molecule has 8 heteroatoms. The molecule has 1 aliphatic rings. The van der Waals surface area contributed by atoms with E-state index in [1.807, 2.05) is 24.3 Å². The Labute approximate surface area is 176 Å². The third-order valence-electron chi connectivity index (χ3n) is 5.56. The summed E-state index contributed by atoms with van der Waals surface area (Å²) in [4.78, 5) is 47.1. The van der Waals surface area contributed by atoms with Gasteiger partial charge in [-0.25, -0.2) is 9.59 Å². The lowest BCUT2D eigenvalue weighted by Gasteiger charge is -2.16. The molecule has 0 aliphatic heterocycles. The van der Waals surface area contributed by atoms with Crippen molar-refractivity contribution in [1.82, 2.24) is 15.0 Å². The van der Waals surface area contributed by atoms with Gasteiger partial charge in [0, 0.05) is 16.8 Å². The first-order valence-electron chi connectivity index (χ1n) is 10.1. The van der Waals surface area contributed by atoms with E-state index in [1.54, 1.807) is 18.2 Å². The van der Waals surface area contributed by atoms with E-state index in [1.165, 1.54) is 6.92 Å². The van der Waals surface area contributed by atoms with Crippen molar-refractivity contribution < 1.29 is 14.3 Å². The number of hydrogen-bond acceptors (Lipinski definition) is 5. The van der Waals surface area contributed by atoms with Crippen molar-refractivity contribution in [1.29, 1.82) is 0 Å². The van der Waals surface area contributed by atoms with Crippen molar-refractivity contribution in [2.24, 2.45) is 0 Å². The van der Waals surface area contributed by atoms with Gasteiger partial charge < -0.3 is 20.0 Å². The van der Waals surface area contributed by atoms with Gasteiger partial charge in [0.15, 0.2) is 6.10 Å². The molecule has 0 bridgehead atoms. The molecule has 0 unspecified atom stereocenters. The summed E-state index contributed by atoms with van der Waals surface area (Å²) in [7, 11) is 0. The predicted octanol–water partition coefficient (Wildman–Crippen LogP) is 3.08. The fraction of sp³-hybridized carbons (Fsp3) is 0.217. The van der Waals surface area contributed by atoms with Crippen LogP contribution in [0.15, 0.2) is 47.3 Å². The minimum absolute atomic E-state index is 0.321. The Morgan fingerprint density at radius 2 is 1.90 bits per heavy atom. The quantitative estimate of drug-likeness (QED) is 0.442. The first-order chi connectivity index (χ1) is 15.0. The fourth-order valence-electron chi connectivity index (χ4n) is 4.07. The second kappa shape index (κ2) is 7.39. The maximum atomic E-state index is 13.1. The number of rotatable bonds is 4. The molecule has 0 spiro atoms. The van der Waals surface area contributed by atoms with Gasteiger partial charge in [-0.05, 0) is 56.0 Å². The SMILES string of the molecule is C[C@@H](OC(=O)c1c2c(nc3ccccc13)CCC2)C(=O)Nc1ccc2[nH]c(=O)[nH]c2c1. The van der Waals surface area contributed by atoms with Crippen molar-refractivity contribution in [3.8, 4) is 0 Å². The first kappa shape index (κ1) is 19.0. The lowest BCUT2D eigenvalue weighted by Crippen LogP contribution is -2.30. The molecule has 2 aromatic carbocycles. The number of aromatic nitrogens is 3. The summed E-state index contributed by atoms with van der Waals surface area (Å²) in [5, 5.41) is 3.46. The van der Waals surface area contributed by atoms with E-state index >= 15 is 0 Å². The highest BCUT2D eigenvalue weighted by Gasteiger charge is 2.27. The number of para-hydroxylation sites is 1. The molecule has 4 aromatic rings. The van der Waals surface area contributed by atoms with E-state index < -0.39 is 18.0 Å². The lowest BCUT2D eigenvalue weighted by atomic mass is 10.0. The molecule has 2 aromatic heterocycles. The second-order valence-corrected chi connectivity index (χ2v) is 7.66. The largest absolute Gasteiger partial charge is 0.449 e. The molecule has 8 nitrogen and oxygen atoms in total. The number of carbonyl (C=O) groups excluding carboxylic acids is 2. The van der Waals surface area contributed by atoms with Gasteiger partial charge in [-0.15, -0.1) is 0 Å². The van der Waals surface area contributed by atoms with E-state index in [-0.39, 0.29) is 5.69 Å². The lowest BCUT2D eigenvalue weighted by molar-refractivity contribution is -0.123. The molecular weight excluding hydrogens is 396 g/mol. The predicted molar refractivity (Wildman–Crippen MR) is 116 cm³/mol. The maximum absolute atomic E-state index is 13.1. The number of hydrogen-bond donors (Lipinski definition) is 3. The van der Waals surface area contributed by atoms with Crippen molar-refractivity contribution in [3.05, 3.63) is 69.8 Å². The summed E-state index contributed by atoms with van der Waals surface area (Å²) >= 11 is 0. The highest BCUT2D eigenvalue weighted by Crippen LogP contribution is 2.30. The van der Waals surface area contributed by atoms with E-state index in [2.05, 4.69) is 20.3 Å². The van der Waals surface area contributed by atoms with Gasteiger partial charge in [0.2, 0.25) is 0 Å². The number of amides is 1. The topological polar surface area (TPSA) is 117 Å². The van der Waals surface area contributed by atoms with Crippen LogP contribution in [0.5, 0.6) is 0 Å². The van der Waals surface area contributed by atoms with Crippen LogP contribution < -0.4 is 11.0 Å². The number of fused-ring (bicyclic) bond motifs is 3. The van der Waals surface area contributed by atoms with Gasteiger partial charge in [-0.1, -0.05) is 18.2 Å². The van der Waals surface area contributed by atoms with Gasteiger partial charge in [0.05, 0.1) is 22.1 Å². The summed E-state index contributed by atoms with van der Waals surface area (Å²) in [6.07, 6.45) is 1.55. The van der Waals surface area contributed by atoms with Crippen LogP contribution in [0, 0.1) is 0 Å². The van der Waals surface area contributed by atoms with Crippen LogP contribution in [0.1, 0.15) is 35.0 Å². The van der Waals surface area contributed by atoms with Crippen LogP contribution in [-0.4, -0.2) is 32.9 Å². The Hall–Kier alpha value is -3.94. The molecule has 2 heterocycles. The molecule has 1 amide bonds. The average Bonchev–Trinajstić information content (AvgIpc) is 3.36. The highest BCUT2D eigenvalue weighted by atomic mass is 16.5. The molecule has 0 saturated heterocycles. The molecule has 1 aliphatic carbocycles. The number of aromatic amines is 2. The Morgan fingerprint density at radius 1 is 1.10 bits per heavy atom. The number of carbonyl (C=O) groups is 2. The monoisotopic (exact) mass is 416 g/mol. The van der Waals surface area contributed by atoms with E-state index in [4.69, 9.17) is 4.74 Å². The molecular formula is C23H20N4O4. The number of esters is 1. The average molecular weight is 416 g/mol. The fourth-order valence-corrected chi connectivity index (χ4v) is 4.07. The Kier molecular flexibility index (Phi) is 4.54. The first-order valence-corrected chi connectivity index (χ1v) is 10.1. The Bertz CT molecular complexity index is 1400. The van der Waals surface area contributed by atoms with Gasteiger partial charge in [0.1, 0.15) is 0 Å². The minimum atomic E-state index is -1.00. The van der Waals surface area contributed by atoms with Crippen LogP contribution >= 0.6 is 0 Å². The number of ether oxygens (including phenoxy) is 1. The van der Waals surface area contributed by atoms with E-state index in [9.17, 15) is 14.4 Å². The smallest absolute Gasteiger partial charge is 0.339 e. The zero-order valence-corrected chi connectivity index (χ0v) is 16.8. The third kappa shape index (κ3) is 3.46. The molecule has 1 atom stereocenters. The number of aryl methyl sites for hydroxylation is 1. The maximum Gasteiger partial charge on any atom is 0.339 e. The van der Waals surface area contributed by atoms with Gasteiger partial charge in [-0.3, -0.25) is 9.78 Å². The molecule has 3 N–H and O–H groups in total. The number of benzene rings is 2. The highest BCUT2D eigenvalue weighted by molar-refractivity contribution is 6.06. The number of nitrogens with zero attached hydrogens (tertiary/aromatic N) is 1. The zero-order valence-electron chi connectivity index (χ0n) is 16.8. The van der Waals surface area contributed by atoms with Gasteiger partial charge in [-0.2, -0.15) is 0 Å². The molecule has 0 fully saturated rings. The van der Waals surface area contributed by atoms with Crippen molar-refractivity contribution in [2.75, 3.05) is 5.32 Å². The molecule has 156 valence electrons.